The third-order valence-corrected chi connectivity index (χ3v) is 4.27. The van der Waals surface area contributed by atoms with Crippen molar-refractivity contribution in [3.63, 3.8) is 0 Å². The summed E-state index contributed by atoms with van der Waals surface area (Å²) in [4.78, 5) is 8.90. The number of piperazine rings is 1. The average Bonchev–Trinajstić information content (AvgIpc) is 3.09. The molecule has 1 aliphatic rings. The van der Waals surface area contributed by atoms with Gasteiger partial charge < -0.3 is 9.80 Å². The molecule has 8 nitrogen and oxygen atoms in total. The minimum absolute atomic E-state index is 0.289. The Bertz CT molecular complexity index is 894. The van der Waals surface area contributed by atoms with Gasteiger partial charge in [0.25, 0.3) is 0 Å². The summed E-state index contributed by atoms with van der Waals surface area (Å²) >= 11 is 0. The normalized spacial score (nSPS) is 17.9. The Morgan fingerprint density at radius 3 is 2.79 bits per heavy atom. The molecule has 3 aromatic heterocycles. The van der Waals surface area contributed by atoms with E-state index in [1.807, 2.05) is 18.2 Å². The predicted molar refractivity (Wildman–Crippen MR) is 88.8 cm³/mol. The van der Waals surface area contributed by atoms with Crippen molar-refractivity contribution in [2.75, 3.05) is 29.4 Å². The first-order valence-corrected chi connectivity index (χ1v) is 7.79. The number of nitrogens with zero attached hydrogens (tertiary/aromatic N) is 8. The molecular formula is C16H16N8. The van der Waals surface area contributed by atoms with Gasteiger partial charge in [0.1, 0.15) is 24.0 Å². The van der Waals surface area contributed by atoms with E-state index in [4.69, 9.17) is 5.26 Å². The van der Waals surface area contributed by atoms with E-state index in [1.54, 1.807) is 23.1 Å². The van der Waals surface area contributed by atoms with Gasteiger partial charge in [-0.25, -0.2) is 4.98 Å². The molecule has 0 radical (unpaired) electrons. The van der Waals surface area contributed by atoms with Crippen LogP contribution in [-0.4, -0.2) is 50.5 Å². The molecule has 0 unspecified atom stereocenters. The van der Waals surface area contributed by atoms with Gasteiger partial charge in [0.05, 0.1) is 5.56 Å². The number of pyridine rings is 1. The van der Waals surface area contributed by atoms with Crippen LogP contribution in [0, 0.1) is 11.3 Å². The Hall–Kier alpha value is -3.21. The smallest absolute Gasteiger partial charge is 0.177 e. The maximum atomic E-state index is 8.87. The molecule has 1 saturated heterocycles. The average molecular weight is 320 g/mol. The van der Waals surface area contributed by atoms with E-state index in [9.17, 15) is 0 Å². The number of nitriles is 1. The number of hydrogen-bond donors (Lipinski definition) is 0. The molecule has 3 aromatic rings. The van der Waals surface area contributed by atoms with Crippen LogP contribution in [0.15, 0.2) is 36.8 Å². The first-order chi connectivity index (χ1) is 11.7. The van der Waals surface area contributed by atoms with Crippen molar-refractivity contribution in [1.29, 1.82) is 5.26 Å². The summed E-state index contributed by atoms with van der Waals surface area (Å²) in [6.07, 6.45) is 3.23. The van der Waals surface area contributed by atoms with Gasteiger partial charge in [-0.2, -0.15) is 9.78 Å². The van der Waals surface area contributed by atoms with Crippen molar-refractivity contribution in [1.82, 2.24) is 24.8 Å². The Balaban J connectivity index is 1.52. The number of hydrogen-bond acceptors (Lipinski definition) is 7. The summed E-state index contributed by atoms with van der Waals surface area (Å²) in [5.41, 5.74) is 1.32. The first-order valence-electron chi connectivity index (χ1n) is 7.79. The second-order valence-corrected chi connectivity index (χ2v) is 5.83. The first kappa shape index (κ1) is 14.4. The minimum Gasteiger partial charge on any atom is -0.353 e. The third-order valence-electron chi connectivity index (χ3n) is 4.27. The van der Waals surface area contributed by atoms with E-state index >= 15 is 0 Å². The maximum absolute atomic E-state index is 8.87. The van der Waals surface area contributed by atoms with E-state index in [0.717, 1.165) is 36.9 Å². The number of aromatic nitrogens is 5. The van der Waals surface area contributed by atoms with Crippen molar-refractivity contribution in [2.24, 2.45) is 0 Å². The monoisotopic (exact) mass is 320 g/mol. The molecule has 1 aliphatic heterocycles. The van der Waals surface area contributed by atoms with E-state index in [1.165, 1.54) is 0 Å². The van der Waals surface area contributed by atoms with Crippen molar-refractivity contribution >= 4 is 17.3 Å². The molecule has 1 atom stereocenters. The van der Waals surface area contributed by atoms with Crippen LogP contribution in [0.25, 0.3) is 5.65 Å². The molecule has 0 saturated carbocycles. The highest BCUT2D eigenvalue weighted by atomic mass is 15.4. The van der Waals surface area contributed by atoms with Crippen LogP contribution < -0.4 is 9.80 Å². The van der Waals surface area contributed by atoms with Crippen LogP contribution in [0.2, 0.25) is 0 Å². The van der Waals surface area contributed by atoms with E-state index in [0.29, 0.717) is 5.56 Å². The third kappa shape index (κ3) is 2.50. The second-order valence-electron chi connectivity index (χ2n) is 5.83. The van der Waals surface area contributed by atoms with Crippen LogP contribution in [0.4, 0.5) is 11.6 Å². The summed E-state index contributed by atoms with van der Waals surface area (Å²) in [6.45, 7) is 4.73. The van der Waals surface area contributed by atoms with Crippen LogP contribution in [0.1, 0.15) is 12.5 Å². The molecular weight excluding hydrogens is 304 g/mol. The summed E-state index contributed by atoms with van der Waals surface area (Å²) in [5.74, 6) is 1.82. The fraction of sp³-hybridized carbons (Fsp3) is 0.312. The molecule has 0 aromatic carbocycles. The zero-order chi connectivity index (χ0) is 16.5. The Morgan fingerprint density at radius 2 is 2.04 bits per heavy atom. The minimum atomic E-state index is 0.289. The van der Waals surface area contributed by atoms with Gasteiger partial charge >= 0.3 is 0 Å². The van der Waals surface area contributed by atoms with Crippen LogP contribution in [-0.2, 0) is 0 Å². The lowest BCUT2D eigenvalue weighted by Gasteiger charge is -2.41. The lowest BCUT2D eigenvalue weighted by atomic mass is 10.2. The largest absolute Gasteiger partial charge is 0.353 e. The van der Waals surface area contributed by atoms with Crippen LogP contribution >= 0.6 is 0 Å². The van der Waals surface area contributed by atoms with E-state index < -0.39 is 0 Å². The van der Waals surface area contributed by atoms with Gasteiger partial charge in [0.15, 0.2) is 5.65 Å². The molecule has 24 heavy (non-hydrogen) atoms. The fourth-order valence-electron chi connectivity index (χ4n) is 3.02. The molecule has 0 spiro atoms. The highest BCUT2D eigenvalue weighted by molar-refractivity contribution is 5.49. The lowest BCUT2D eigenvalue weighted by molar-refractivity contribution is 0.539. The molecule has 8 heteroatoms. The lowest BCUT2D eigenvalue weighted by Crippen LogP contribution is -2.52. The molecule has 0 N–H and O–H groups in total. The van der Waals surface area contributed by atoms with Crippen molar-refractivity contribution in [2.45, 2.75) is 13.0 Å². The predicted octanol–water partition coefficient (Wildman–Crippen LogP) is 1.11. The zero-order valence-electron chi connectivity index (χ0n) is 13.2. The molecule has 0 bridgehead atoms. The Kier molecular flexibility index (Phi) is 3.46. The molecule has 120 valence electrons. The summed E-state index contributed by atoms with van der Waals surface area (Å²) in [7, 11) is 0. The molecule has 0 amide bonds. The summed E-state index contributed by atoms with van der Waals surface area (Å²) in [5, 5.41) is 21.3. The second kappa shape index (κ2) is 5.77. The molecule has 1 fully saturated rings. The Morgan fingerprint density at radius 1 is 1.17 bits per heavy atom. The Labute approximate surface area is 139 Å². The van der Waals surface area contributed by atoms with Crippen molar-refractivity contribution < 1.29 is 0 Å². The SMILES string of the molecule is C[C@@H]1CN(c2ccc(C#N)cn2)CCN1c1ccc2nncn2n1. The zero-order valence-corrected chi connectivity index (χ0v) is 13.2. The van der Waals surface area contributed by atoms with Crippen LogP contribution in [0.5, 0.6) is 0 Å². The highest BCUT2D eigenvalue weighted by Gasteiger charge is 2.25. The molecule has 4 rings (SSSR count). The number of rotatable bonds is 2. The molecule has 4 heterocycles. The van der Waals surface area contributed by atoms with Gasteiger partial charge in [0.2, 0.25) is 0 Å². The van der Waals surface area contributed by atoms with E-state index in [2.05, 4.69) is 43.1 Å². The van der Waals surface area contributed by atoms with Gasteiger partial charge in [-0.1, -0.05) is 0 Å². The van der Waals surface area contributed by atoms with Gasteiger partial charge in [-0.05, 0) is 31.2 Å². The number of anilines is 2. The van der Waals surface area contributed by atoms with Crippen molar-refractivity contribution in [3.8, 4) is 6.07 Å². The standard InChI is InChI=1S/C16H16N8/c1-12-10-22(14-3-2-13(8-17)9-18-14)6-7-23(12)16-5-4-15-20-19-11-24(15)21-16/h2-5,9,11-12H,6-7,10H2,1H3/t12-/m1/s1. The fourth-order valence-corrected chi connectivity index (χ4v) is 3.02. The summed E-state index contributed by atoms with van der Waals surface area (Å²) in [6, 6.07) is 10.0. The van der Waals surface area contributed by atoms with Crippen LogP contribution in [0.3, 0.4) is 0 Å². The topological polar surface area (TPSA) is 86.2 Å². The molecule has 0 aliphatic carbocycles. The number of fused-ring (bicyclic) bond motifs is 1. The maximum Gasteiger partial charge on any atom is 0.177 e. The van der Waals surface area contributed by atoms with Gasteiger partial charge in [0, 0.05) is 31.9 Å². The van der Waals surface area contributed by atoms with Gasteiger partial charge in [-0.15, -0.1) is 15.3 Å². The van der Waals surface area contributed by atoms with E-state index in [-0.39, 0.29) is 6.04 Å². The van der Waals surface area contributed by atoms with Gasteiger partial charge in [-0.3, -0.25) is 0 Å². The summed E-state index contributed by atoms with van der Waals surface area (Å²) < 4.78 is 1.69. The quantitative estimate of drug-likeness (QED) is 0.699. The van der Waals surface area contributed by atoms with Crippen molar-refractivity contribution in [3.05, 3.63) is 42.4 Å². The highest BCUT2D eigenvalue weighted by Crippen LogP contribution is 2.21.